The Kier molecular flexibility index (Phi) is 7.42. The first-order valence-electron chi connectivity index (χ1n) is 10.7. The van der Waals surface area contributed by atoms with E-state index in [2.05, 4.69) is 97.0 Å². The zero-order valence-corrected chi connectivity index (χ0v) is 18.2. The van der Waals surface area contributed by atoms with E-state index in [1.807, 2.05) is 6.92 Å². The summed E-state index contributed by atoms with van der Waals surface area (Å²) in [5.41, 5.74) is 6.20. The SMILES string of the molecule is CCOCC[n+]1c(/C=C\c2ccc(N(CC)CC)cc2)ccc2cc(C)ccc21. The second-order valence-electron chi connectivity index (χ2n) is 7.27. The molecule has 0 fully saturated rings. The maximum absolute atomic E-state index is 5.64. The zero-order chi connectivity index (χ0) is 20.6. The van der Waals surface area contributed by atoms with Gasteiger partial charge in [0.15, 0.2) is 6.54 Å². The molecule has 0 amide bonds. The van der Waals surface area contributed by atoms with Gasteiger partial charge >= 0.3 is 0 Å². The number of rotatable bonds is 9. The molecule has 0 bridgehead atoms. The molecular formula is C26H33N2O+. The van der Waals surface area contributed by atoms with E-state index in [1.54, 1.807) is 0 Å². The molecule has 0 saturated carbocycles. The van der Waals surface area contributed by atoms with Gasteiger partial charge < -0.3 is 9.64 Å². The summed E-state index contributed by atoms with van der Waals surface area (Å²) in [5, 5.41) is 1.27. The van der Waals surface area contributed by atoms with Gasteiger partial charge in [0, 0.05) is 49.0 Å². The predicted molar refractivity (Wildman–Crippen MR) is 124 cm³/mol. The van der Waals surface area contributed by atoms with Crippen molar-refractivity contribution < 1.29 is 9.30 Å². The summed E-state index contributed by atoms with van der Waals surface area (Å²) < 4.78 is 7.99. The van der Waals surface area contributed by atoms with E-state index in [-0.39, 0.29) is 0 Å². The third-order valence-corrected chi connectivity index (χ3v) is 5.35. The Bertz CT molecular complexity index is 956. The fourth-order valence-corrected chi connectivity index (χ4v) is 3.72. The predicted octanol–water partition coefficient (Wildman–Crippen LogP) is 5.49. The standard InChI is InChI=1S/C26H33N2O/c1-5-27(6-2)24-13-9-22(10-14-24)11-15-25-16-12-23-20-21(4)8-17-26(23)28(25)18-19-29-7-3/h8-17,20H,5-7,18-19H2,1-4H3/q+1. The Hall–Kier alpha value is -2.65. The lowest BCUT2D eigenvalue weighted by molar-refractivity contribution is -0.674. The van der Waals surface area contributed by atoms with Crippen LogP contribution in [0.1, 0.15) is 37.6 Å². The minimum atomic E-state index is 0.716. The van der Waals surface area contributed by atoms with Crippen LogP contribution in [0, 0.1) is 6.92 Å². The van der Waals surface area contributed by atoms with E-state index in [4.69, 9.17) is 4.74 Å². The van der Waals surface area contributed by atoms with Gasteiger partial charge in [-0.05, 0) is 63.6 Å². The molecule has 1 aromatic heterocycles. The molecule has 3 nitrogen and oxygen atoms in total. The summed E-state index contributed by atoms with van der Waals surface area (Å²) in [6, 6.07) is 19.9. The molecular weight excluding hydrogens is 356 g/mol. The van der Waals surface area contributed by atoms with Gasteiger partial charge in [-0.25, -0.2) is 0 Å². The van der Waals surface area contributed by atoms with E-state index in [9.17, 15) is 0 Å². The summed E-state index contributed by atoms with van der Waals surface area (Å²) in [6.45, 7) is 12.9. The molecule has 152 valence electrons. The highest BCUT2D eigenvalue weighted by Gasteiger charge is 2.14. The lowest BCUT2D eigenvalue weighted by Gasteiger charge is -2.20. The van der Waals surface area contributed by atoms with E-state index in [0.29, 0.717) is 6.61 Å². The number of fused-ring (bicyclic) bond motifs is 1. The molecule has 0 aliphatic carbocycles. The van der Waals surface area contributed by atoms with Gasteiger partial charge in [-0.1, -0.05) is 23.8 Å². The van der Waals surface area contributed by atoms with Crippen LogP contribution in [-0.2, 0) is 11.3 Å². The van der Waals surface area contributed by atoms with Gasteiger partial charge in [-0.3, -0.25) is 0 Å². The summed E-state index contributed by atoms with van der Waals surface area (Å²) in [6.07, 6.45) is 4.40. The molecule has 0 saturated heterocycles. The molecule has 3 rings (SSSR count). The highest BCUT2D eigenvalue weighted by atomic mass is 16.5. The van der Waals surface area contributed by atoms with Crippen molar-refractivity contribution in [1.29, 1.82) is 0 Å². The first-order chi connectivity index (χ1) is 14.2. The van der Waals surface area contributed by atoms with Gasteiger partial charge in [0.2, 0.25) is 11.2 Å². The lowest BCUT2D eigenvalue weighted by atomic mass is 10.1. The van der Waals surface area contributed by atoms with Crippen LogP contribution in [0.25, 0.3) is 23.1 Å². The number of aryl methyl sites for hydroxylation is 1. The Balaban J connectivity index is 1.90. The van der Waals surface area contributed by atoms with Crippen LogP contribution in [0.3, 0.4) is 0 Å². The Morgan fingerprint density at radius 3 is 2.34 bits per heavy atom. The van der Waals surface area contributed by atoms with Crippen molar-refractivity contribution in [3.8, 4) is 0 Å². The van der Waals surface area contributed by atoms with E-state index >= 15 is 0 Å². The quantitative estimate of drug-likeness (QED) is 0.355. The number of benzene rings is 2. The van der Waals surface area contributed by atoms with Crippen molar-refractivity contribution >= 4 is 28.7 Å². The average molecular weight is 390 g/mol. The molecule has 0 atom stereocenters. The van der Waals surface area contributed by atoms with Crippen molar-refractivity contribution in [2.24, 2.45) is 0 Å². The number of nitrogens with zero attached hydrogens (tertiary/aromatic N) is 2. The van der Waals surface area contributed by atoms with E-state index in [0.717, 1.165) is 26.2 Å². The first kappa shape index (κ1) is 21.1. The second-order valence-corrected chi connectivity index (χ2v) is 7.27. The average Bonchev–Trinajstić information content (AvgIpc) is 2.74. The number of hydrogen-bond donors (Lipinski definition) is 0. The van der Waals surface area contributed by atoms with Gasteiger partial charge in [0.25, 0.3) is 0 Å². The van der Waals surface area contributed by atoms with Crippen LogP contribution in [0.15, 0.2) is 54.6 Å². The molecule has 3 aromatic rings. The maximum atomic E-state index is 5.64. The smallest absolute Gasteiger partial charge is 0.213 e. The fourth-order valence-electron chi connectivity index (χ4n) is 3.72. The number of hydrogen-bond acceptors (Lipinski definition) is 2. The van der Waals surface area contributed by atoms with Crippen molar-refractivity contribution in [1.82, 2.24) is 0 Å². The van der Waals surface area contributed by atoms with Crippen LogP contribution in [0.5, 0.6) is 0 Å². The van der Waals surface area contributed by atoms with Crippen LogP contribution >= 0.6 is 0 Å². The first-order valence-corrected chi connectivity index (χ1v) is 10.7. The monoisotopic (exact) mass is 389 g/mol. The Morgan fingerprint density at radius 2 is 1.66 bits per heavy atom. The highest BCUT2D eigenvalue weighted by Crippen LogP contribution is 2.18. The fraction of sp³-hybridized carbons (Fsp3) is 0.346. The normalized spacial score (nSPS) is 11.4. The van der Waals surface area contributed by atoms with Gasteiger partial charge in [-0.2, -0.15) is 4.57 Å². The third-order valence-electron chi connectivity index (χ3n) is 5.35. The molecule has 0 aliphatic heterocycles. The topological polar surface area (TPSA) is 16.4 Å². The van der Waals surface area contributed by atoms with E-state index in [1.165, 1.54) is 33.4 Å². The highest BCUT2D eigenvalue weighted by molar-refractivity contribution is 5.78. The van der Waals surface area contributed by atoms with Gasteiger partial charge in [0.1, 0.15) is 6.61 Å². The minimum absolute atomic E-state index is 0.716. The Morgan fingerprint density at radius 1 is 0.897 bits per heavy atom. The Labute approximate surface area is 175 Å². The largest absolute Gasteiger partial charge is 0.375 e. The minimum Gasteiger partial charge on any atom is -0.375 e. The molecule has 0 N–H and O–H groups in total. The number of ether oxygens (including phenoxy) is 1. The maximum Gasteiger partial charge on any atom is 0.213 e. The molecule has 0 aliphatic rings. The third kappa shape index (κ3) is 5.24. The molecule has 1 heterocycles. The van der Waals surface area contributed by atoms with Crippen molar-refractivity contribution in [3.63, 3.8) is 0 Å². The molecule has 3 heteroatoms. The van der Waals surface area contributed by atoms with Crippen molar-refractivity contribution in [2.45, 2.75) is 34.2 Å². The summed E-state index contributed by atoms with van der Waals surface area (Å²) in [7, 11) is 0. The summed E-state index contributed by atoms with van der Waals surface area (Å²) in [5.74, 6) is 0. The van der Waals surface area contributed by atoms with Crippen molar-refractivity contribution in [3.05, 3.63) is 71.4 Å². The molecule has 0 unspecified atom stereocenters. The number of pyridine rings is 1. The summed E-state index contributed by atoms with van der Waals surface area (Å²) >= 11 is 0. The van der Waals surface area contributed by atoms with Gasteiger partial charge in [0.05, 0.1) is 0 Å². The zero-order valence-electron chi connectivity index (χ0n) is 18.2. The van der Waals surface area contributed by atoms with Crippen LogP contribution in [0.4, 0.5) is 5.69 Å². The summed E-state index contributed by atoms with van der Waals surface area (Å²) in [4.78, 5) is 2.36. The van der Waals surface area contributed by atoms with Gasteiger partial charge in [-0.15, -0.1) is 0 Å². The molecule has 0 radical (unpaired) electrons. The number of anilines is 1. The van der Waals surface area contributed by atoms with Crippen LogP contribution in [-0.4, -0.2) is 26.3 Å². The molecule has 2 aromatic carbocycles. The molecule has 29 heavy (non-hydrogen) atoms. The van der Waals surface area contributed by atoms with Crippen molar-refractivity contribution in [2.75, 3.05) is 31.2 Å². The van der Waals surface area contributed by atoms with E-state index < -0.39 is 0 Å². The number of aromatic nitrogens is 1. The van der Waals surface area contributed by atoms with Crippen LogP contribution < -0.4 is 9.47 Å². The second kappa shape index (κ2) is 10.2. The lowest BCUT2D eigenvalue weighted by Crippen LogP contribution is -2.40. The molecule has 0 spiro atoms. The van der Waals surface area contributed by atoms with Crippen LogP contribution in [0.2, 0.25) is 0 Å².